The topological polar surface area (TPSA) is 25.8 Å². The van der Waals surface area contributed by atoms with E-state index in [4.69, 9.17) is 16.6 Å². The highest BCUT2D eigenvalue weighted by Crippen LogP contribution is 2.36. The van der Waals surface area contributed by atoms with Crippen molar-refractivity contribution in [1.82, 2.24) is 9.97 Å². The highest BCUT2D eigenvalue weighted by molar-refractivity contribution is 6.29. The number of hydrogen-bond donors (Lipinski definition) is 0. The smallest absolute Gasteiger partial charge is 0.161 e. The lowest BCUT2D eigenvalue weighted by Crippen LogP contribution is -1.93. The van der Waals surface area contributed by atoms with Crippen molar-refractivity contribution >= 4 is 33.1 Å². The van der Waals surface area contributed by atoms with Crippen molar-refractivity contribution in [3.05, 3.63) is 120 Å². The predicted molar refractivity (Wildman–Crippen MR) is 138 cm³/mol. The summed E-state index contributed by atoms with van der Waals surface area (Å²) in [6.45, 7) is 0. The van der Waals surface area contributed by atoms with Crippen LogP contribution in [0.3, 0.4) is 0 Å². The Hall–Kier alpha value is -4.01. The molecule has 0 amide bonds. The van der Waals surface area contributed by atoms with Gasteiger partial charge in [-0.15, -0.1) is 0 Å². The molecule has 0 spiro atoms. The summed E-state index contributed by atoms with van der Waals surface area (Å²) in [4.78, 5) is 9.38. The lowest BCUT2D eigenvalue weighted by molar-refractivity contribution is 1.18. The van der Waals surface area contributed by atoms with E-state index in [0.717, 1.165) is 22.2 Å². The van der Waals surface area contributed by atoms with E-state index in [-0.39, 0.29) is 0 Å². The standard InChI is InChI=1S/C30H19ClN2/c31-29-19-28(22-9-2-1-3-10-22)32-30(33-29)23-17-16-21-12-7-15-26(27(21)18-23)25-14-6-11-20-8-4-5-13-24(20)25/h1-19H. The summed E-state index contributed by atoms with van der Waals surface area (Å²) >= 11 is 6.41. The molecule has 6 rings (SSSR count). The number of rotatable bonds is 3. The van der Waals surface area contributed by atoms with Crippen LogP contribution in [0.1, 0.15) is 0 Å². The largest absolute Gasteiger partial charge is 0.228 e. The van der Waals surface area contributed by atoms with Crippen LogP contribution in [0.15, 0.2) is 115 Å². The van der Waals surface area contributed by atoms with Crippen molar-refractivity contribution in [2.24, 2.45) is 0 Å². The number of aromatic nitrogens is 2. The molecule has 0 aliphatic rings. The molecular formula is C30H19ClN2. The van der Waals surface area contributed by atoms with Crippen molar-refractivity contribution in [1.29, 1.82) is 0 Å². The average Bonchev–Trinajstić information content (AvgIpc) is 2.88. The first-order chi connectivity index (χ1) is 16.3. The Morgan fingerprint density at radius 3 is 1.97 bits per heavy atom. The van der Waals surface area contributed by atoms with Crippen LogP contribution < -0.4 is 0 Å². The van der Waals surface area contributed by atoms with Gasteiger partial charge < -0.3 is 0 Å². The Morgan fingerprint density at radius 2 is 1.15 bits per heavy atom. The number of fused-ring (bicyclic) bond motifs is 2. The van der Waals surface area contributed by atoms with Gasteiger partial charge in [-0.3, -0.25) is 0 Å². The molecule has 0 saturated heterocycles. The third kappa shape index (κ3) is 3.65. The van der Waals surface area contributed by atoms with Gasteiger partial charge in [0.1, 0.15) is 5.15 Å². The molecule has 6 aromatic rings. The van der Waals surface area contributed by atoms with Crippen molar-refractivity contribution in [2.75, 3.05) is 0 Å². The zero-order valence-corrected chi connectivity index (χ0v) is 18.5. The molecule has 0 fully saturated rings. The summed E-state index contributed by atoms with van der Waals surface area (Å²) in [5, 5.41) is 5.24. The second-order valence-electron chi connectivity index (χ2n) is 8.03. The molecule has 0 aliphatic heterocycles. The predicted octanol–water partition coefficient (Wildman–Crippen LogP) is 8.44. The molecule has 0 bridgehead atoms. The highest BCUT2D eigenvalue weighted by atomic mass is 35.5. The van der Waals surface area contributed by atoms with Gasteiger partial charge in [0.15, 0.2) is 5.82 Å². The summed E-state index contributed by atoms with van der Waals surface area (Å²) in [6, 6.07) is 39.6. The SMILES string of the molecule is Clc1cc(-c2ccccc2)nc(-c2ccc3cccc(-c4cccc5ccccc45)c3c2)n1. The van der Waals surface area contributed by atoms with Gasteiger partial charge in [-0.1, -0.05) is 115 Å². The van der Waals surface area contributed by atoms with Crippen molar-refractivity contribution in [3.63, 3.8) is 0 Å². The summed E-state index contributed by atoms with van der Waals surface area (Å²) in [5.41, 5.74) is 5.17. The summed E-state index contributed by atoms with van der Waals surface area (Å²) < 4.78 is 0. The molecule has 156 valence electrons. The number of hydrogen-bond acceptors (Lipinski definition) is 2. The molecular weight excluding hydrogens is 424 g/mol. The lowest BCUT2D eigenvalue weighted by Gasteiger charge is -2.12. The van der Waals surface area contributed by atoms with Crippen LogP contribution in [0.4, 0.5) is 0 Å². The normalized spacial score (nSPS) is 11.2. The average molecular weight is 443 g/mol. The quantitative estimate of drug-likeness (QED) is 0.257. The fourth-order valence-electron chi connectivity index (χ4n) is 4.41. The number of nitrogens with zero attached hydrogens (tertiary/aromatic N) is 2. The maximum Gasteiger partial charge on any atom is 0.161 e. The van der Waals surface area contributed by atoms with Crippen LogP contribution in [-0.2, 0) is 0 Å². The minimum absolute atomic E-state index is 0.432. The number of halogens is 1. The van der Waals surface area contributed by atoms with Gasteiger partial charge in [-0.25, -0.2) is 9.97 Å². The fraction of sp³-hybridized carbons (Fsp3) is 0. The molecule has 5 aromatic carbocycles. The fourth-order valence-corrected chi connectivity index (χ4v) is 4.59. The molecule has 0 N–H and O–H groups in total. The van der Waals surface area contributed by atoms with Gasteiger partial charge >= 0.3 is 0 Å². The molecule has 0 radical (unpaired) electrons. The van der Waals surface area contributed by atoms with E-state index in [2.05, 4.69) is 83.8 Å². The van der Waals surface area contributed by atoms with E-state index >= 15 is 0 Å². The molecule has 1 aromatic heterocycles. The van der Waals surface area contributed by atoms with Crippen molar-refractivity contribution < 1.29 is 0 Å². The maximum absolute atomic E-state index is 6.41. The van der Waals surface area contributed by atoms with Gasteiger partial charge in [0.05, 0.1) is 5.69 Å². The zero-order valence-electron chi connectivity index (χ0n) is 17.7. The third-order valence-corrected chi connectivity index (χ3v) is 6.18. The monoisotopic (exact) mass is 442 g/mol. The first-order valence-corrected chi connectivity index (χ1v) is 11.3. The van der Waals surface area contributed by atoms with E-state index in [1.165, 1.54) is 27.3 Å². The summed E-state index contributed by atoms with van der Waals surface area (Å²) in [5.74, 6) is 0.621. The van der Waals surface area contributed by atoms with E-state index in [1.54, 1.807) is 0 Å². The molecule has 0 saturated carbocycles. The van der Waals surface area contributed by atoms with Gasteiger partial charge in [0.2, 0.25) is 0 Å². The Labute approximate surface area is 197 Å². The van der Waals surface area contributed by atoms with Crippen LogP contribution in [0.25, 0.3) is 55.3 Å². The van der Waals surface area contributed by atoms with Crippen molar-refractivity contribution in [2.45, 2.75) is 0 Å². The summed E-state index contributed by atoms with van der Waals surface area (Å²) in [6.07, 6.45) is 0. The van der Waals surface area contributed by atoms with E-state index < -0.39 is 0 Å². The molecule has 0 atom stereocenters. The third-order valence-electron chi connectivity index (χ3n) is 5.98. The lowest BCUT2D eigenvalue weighted by atomic mass is 9.93. The van der Waals surface area contributed by atoms with Gasteiger partial charge in [0, 0.05) is 17.2 Å². The Balaban J connectivity index is 1.55. The second-order valence-corrected chi connectivity index (χ2v) is 8.42. The van der Waals surface area contributed by atoms with Crippen LogP contribution in [0, 0.1) is 0 Å². The first kappa shape index (κ1) is 19.7. The molecule has 2 nitrogen and oxygen atoms in total. The molecule has 0 unspecified atom stereocenters. The molecule has 3 heteroatoms. The van der Waals surface area contributed by atoms with Crippen molar-refractivity contribution in [3.8, 4) is 33.8 Å². The Kier molecular flexibility index (Phi) is 4.86. The van der Waals surface area contributed by atoms with E-state index in [0.29, 0.717) is 11.0 Å². The molecule has 1 heterocycles. The van der Waals surface area contributed by atoms with Crippen LogP contribution in [0.2, 0.25) is 5.15 Å². The Morgan fingerprint density at radius 1 is 0.485 bits per heavy atom. The number of benzene rings is 5. The first-order valence-electron chi connectivity index (χ1n) is 10.9. The van der Waals surface area contributed by atoms with E-state index in [1.807, 2.05) is 36.4 Å². The van der Waals surface area contributed by atoms with E-state index in [9.17, 15) is 0 Å². The summed E-state index contributed by atoms with van der Waals surface area (Å²) in [7, 11) is 0. The minimum atomic E-state index is 0.432. The zero-order chi connectivity index (χ0) is 22.2. The Bertz CT molecular complexity index is 1620. The second kappa shape index (κ2) is 8.16. The molecule has 33 heavy (non-hydrogen) atoms. The van der Waals surface area contributed by atoms with Crippen LogP contribution in [-0.4, -0.2) is 9.97 Å². The highest BCUT2D eigenvalue weighted by Gasteiger charge is 2.12. The van der Waals surface area contributed by atoms with Gasteiger partial charge in [0.25, 0.3) is 0 Å². The minimum Gasteiger partial charge on any atom is -0.228 e. The molecule has 0 aliphatic carbocycles. The maximum atomic E-state index is 6.41. The van der Waals surface area contributed by atoms with Gasteiger partial charge in [-0.2, -0.15) is 0 Å². The van der Waals surface area contributed by atoms with Crippen LogP contribution in [0.5, 0.6) is 0 Å². The van der Waals surface area contributed by atoms with Gasteiger partial charge in [-0.05, 0) is 38.7 Å². The van der Waals surface area contributed by atoms with Crippen LogP contribution >= 0.6 is 11.6 Å².